The highest BCUT2D eigenvalue weighted by molar-refractivity contribution is 7.17. The molecular weight excluding hydrogens is 464 g/mol. The lowest BCUT2D eigenvalue weighted by Gasteiger charge is -2.18. The largest absolute Gasteiger partial charge is 0.462 e. The molecule has 10 heteroatoms. The third-order valence-corrected chi connectivity index (χ3v) is 6.59. The van der Waals surface area contributed by atoms with E-state index < -0.39 is 41.1 Å². The van der Waals surface area contributed by atoms with Gasteiger partial charge in [-0.05, 0) is 56.7 Å². The number of hydrogen-bond donors (Lipinski definition) is 1. The average Bonchev–Trinajstić information content (AvgIpc) is 3.07. The molecule has 0 bridgehead atoms. The average molecular weight is 486 g/mol. The van der Waals surface area contributed by atoms with E-state index in [9.17, 15) is 23.2 Å². The van der Waals surface area contributed by atoms with Gasteiger partial charge >= 0.3 is 11.9 Å². The van der Waals surface area contributed by atoms with Crippen molar-refractivity contribution in [3.63, 3.8) is 0 Å². The molecule has 6 nitrogen and oxygen atoms in total. The summed E-state index contributed by atoms with van der Waals surface area (Å²) in [6.07, 6.45) is 1.13. The first-order chi connectivity index (χ1) is 15.1. The Morgan fingerprint density at radius 1 is 1.25 bits per heavy atom. The third kappa shape index (κ3) is 5.10. The second kappa shape index (κ2) is 9.95. The molecule has 0 aliphatic heterocycles. The van der Waals surface area contributed by atoms with E-state index in [1.54, 1.807) is 6.92 Å². The van der Waals surface area contributed by atoms with E-state index in [-0.39, 0.29) is 11.6 Å². The first kappa shape index (κ1) is 24.1. The van der Waals surface area contributed by atoms with E-state index in [0.29, 0.717) is 35.0 Å². The van der Waals surface area contributed by atoms with Gasteiger partial charge in [-0.2, -0.15) is 0 Å². The van der Waals surface area contributed by atoms with Crippen LogP contribution in [0, 0.1) is 17.6 Å². The SMILES string of the molecule is CCOC(=O)c1c(NC(=O)[C@H](C)OC(=O)c2cc(F)c(F)cc2Cl)sc2c1CC[C@H](C)C2. The Bertz CT molecular complexity index is 1070. The second-order valence-electron chi connectivity index (χ2n) is 7.56. The lowest BCUT2D eigenvalue weighted by molar-refractivity contribution is -0.123. The minimum absolute atomic E-state index is 0.191. The Morgan fingerprint density at radius 2 is 1.94 bits per heavy atom. The number of benzene rings is 1. The maximum absolute atomic E-state index is 13.5. The second-order valence-corrected chi connectivity index (χ2v) is 9.07. The number of nitrogens with one attached hydrogen (secondary N) is 1. The summed E-state index contributed by atoms with van der Waals surface area (Å²) in [5.41, 5.74) is 0.798. The predicted octanol–water partition coefficient (Wildman–Crippen LogP) is 5.17. The number of carbonyl (C=O) groups excluding carboxylic acids is 3. The van der Waals surface area contributed by atoms with Crippen LogP contribution in [0.2, 0.25) is 5.02 Å². The Hall–Kier alpha value is -2.52. The molecule has 0 fully saturated rings. The molecule has 1 aromatic carbocycles. The Morgan fingerprint density at radius 3 is 2.62 bits per heavy atom. The molecule has 1 aromatic heterocycles. The molecule has 1 aliphatic rings. The molecule has 1 heterocycles. The molecule has 0 radical (unpaired) electrons. The summed E-state index contributed by atoms with van der Waals surface area (Å²) >= 11 is 7.09. The highest BCUT2D eigenvalue weighted by Gasteiger charge is 2.30. The van der Waals surface area contributed by atoms with E-state index in [1.165, 1.54) is 18.3 Å². The molecule has 0 spiro atoms. The number of fused-ring (bicyclic) bond motifs is 1. The van der Waals surface area contributed by atoms with Crippen LogP contribution in [-0.2, 0) is 27.1 Å². The smallest absolute Gasteiger partial charge is 0.341 e. The zero-order chi connectivity index (χ0) is 23.6. The Balaban J connectivity index is 1.78. The molecule has 32 heavy (non-hydrogen) atoms. The number of hydrogen-bond acceptors (Lipinski definition) is 6. The fraction of sp³-hybridized carbons (Fsp3) is 0.409. The third-order valence-electron chi connectivity index (χ3n) is 5.11. The van der Waals surface area contributed by atoms with Crippen molar-refractivity contribution in [2.75, 3.05) is 11.9 Å². The fourth-order valence-corrected chi connectivity index (χ4v) is 5.06. The summed E-state index contributed by atoms with van der Waals surface area (Å²) in [7, 11) is 0. The Labute approximate surface area is 192 Å². The quantitative estimate of drug-likeness (QED) is 0.451. The van der Waals surface area contributed by atoms with Gasteiger partial charge in [0.25, 0.3) is 5.91 Å². The fourth-order valence-electron chi connectivity index (χ4n) is 3.43. The zero-order valence-electron chi connectivity index (χ0n) is 17.7. The molecule has 1 N–H and O–H groups in total. The summed E-state index contributed by atoms with van der Waals surface area (Å²) in [5, 5.41) is 2.64. The predicted molar refractivity (Wildman–Crippen MR) is 116 cm³/mol. The molecule has 0 unspecified atom stereocenters. The maximum atomic E-state index is 13.5. The van der Waals surface area contributed by atoms with Gasteiger partial charge in [0.1, 0.15) is 5.00 Å². The molecule has 3 rings (SSSR count). The molecule has 0 saturated heterocycles. The van der Waals surface area contributed by atoms with Gasteiger partial charge in [0.2, 0.25) is 0 Å². The van der Waals surface area contributed by atoms with Crippen LogP contribution < -0.4 is 5.32 Å². The van der Waals surface area contributed by atoms with Crippen molar-refractivity contribution in [1.29, 1.82) is 0 Å². The van der Waals surface area contributed by atoms with E-state index in [4.69, 9.17) is 21.1 Å². The molecular formula is C22H22ClF2NO5S. The summed E-state index contributed by atoms with van der Waals surface area (Å²) in [5.74, 6) is -4.31. The lowest BCUT2D eigenvalue weighted by Crippen LogP contribution is -2.30. The first-order valence-corrected chi connectivity index (χ1v) is 11.3. The summed E-state index contributed by atoms with van der Waals surface area (Å²) in [6, 6.07) is 1.26. The highest BCUT2D eigenvalue weighted by Crippen LogP contribution is 2.40. The zero-order valence-corrected chi connectivity index (χ0v) is 19.3. The number of esters is 2. The standard InChI is InChI=1S/C22H22ClF2NO5S/c1-4-30-22(29)18-12-6-5-10(2)7-17(12)32-20(18)26-19(27)11(3)31-21(28)13-8-15(24)16(25)9-14(13)23/h8-11H,4-7H2,1-3H3,(H,26,27)/t10-,11-/m0/s1. The van der Waals surface area contributed by atoms with Gasteiger partial charge < -0.3 is 14.8 Å². The number of amides is 1. The number of halogens is 3. The van der Waals surface area contributed by atoms with Gasteiger partial charge in [-0.3, -0.25) is 4.79 Å². The van der Waals surface area contributed by atoms with Gasteiger partial charge in [0.15, 0.2) is 17.7 Å². The highest BCUT2D eigenvalue weighted by atomic mass is 35.5. The molecule has 2 aromatic rings. The number of carbonyl (C=O) groups is 3. The van der Waals surface area contributed by atoms with Crippen molar-refractivity contribution in [2.45, 2.75) is 46.1 Å². The van der Waals surface area contributed by atoms with Crippen LogP contribution in [0.5, 0.6) is 0 Å². The van der Waals surface area contributed by atoms with Crippen molar-refractivity contribution >= 4 is 45.8 Å². The van der Waals surface area contributed by atoms with E-state index in [2.05, 4.69) is 12.2 Å². The van der Waals surface area contributed by atoms with Crippen LogP contribution in [0.4, 0.5) is 13.8 Å². The van der Waals surface area contributed by atoms with Crippen LogP contribution in [0.3, 0.4) is 0 Å². The van der Waals surface area contributed by atoms with Crippen molar-refractivity contribution in [3.05, 3.63) is 50.4 Å². The Kier molecular flexibility index (Phi) is 7.51. The van der Waals surface area contributed by atoms with E-state index in [1.807, 2.05) is 0 Å². The van der Waals surface area contributed by atoms with Gasteiger partial charge in [0.05, 0.1) is 22.8 Å². The van der Waals surface area contributed by atoms with Crippen molar-refractivity contribution < 1.29 is 32.6 Å². The monoisotopic (exact) mass is 485 g/mol. The van der Waals surface area contributed by atoms with Crippen LogP contribution in [0.1, 0.15) is 58.3 Å². The first-order valence-electron chi connectivity index (χ1n) is 10.1. The number of anilines is 1. The molecule has 1 aliphatic carbocycles. The van der Waals surface area contributed by atoms with E-state index >= 15 is 0 Å². The number of rotatable bonds is 6. The van der Waals surface area contributed by atoms with E-state index in [0.717, 1.165) is 23.3 Å². The van der Waals surface area contributed by atoms with Crippen molar-refractivity contribution in [2.24, 2.45) is 5.92 Å². The van der Waals surface area contributed by atoms with Crippen LogP contribution in [0.25, 0.3) is 0 Å². The molecule has 2 atom stereocenters. The minimum Gasteiger partial charge on any atom is -0.462 e. The van der Waals surface area contributed by atoms with Gasteiger partial charge in [-0.25, -0.2) is 18.4 Å². The molecule has 0 saturated carbocycles. The van der Waals surface area contributed by atoms with Crippen LogP contribution in [0.15, 0.2) is 12.1 Å². The summed E-state index contributed by atoms with van der Waals surface area (Å²) < 4.78 is 36.9. The van der Waals surface area contributed by atoms with Gasteiger partial charge in [0, 0.05) is 4.88 Å². The van der Waals surface area contributed by atoms with Gasteiger partial charge in [-0.15, -0.1) is 11.3 Å². The van der Waals surface area contributed by atoms with Crippen molar-refractivity contribution in [3.8, 4) is 0 Å². The maximum Gasteiger partial charge on any atom is 0.341 e. The van der Waals surface area contributed by atoms with Gasteiger partial charge in [-0.1, -0.05) is 18.5 Å². The van der Waals surface area contributed by atoms with Crippen LogP contribution in [-0.4, -0.2) is 30.6 Å². The normalized spacial score (nSPS) is 16.1. The molecule has 1 amide bonds. The summed E-state index contributed by atoms with van der Waals surface area (Å²) in [4.78, 5) is 38.6. The van der Waals surface area contributed by atoms with Crippen molar-refractivity contribution in [1.82, 2.24) is 0 Å². The number of thiophene rings is 1. The summed E-state index contributed by atoms with van der Waals surface area (Å²) in [6.45, 7) is 5.33. The molecule has 172 valence electrons. The lowest BCUT2D eigenvalue weighted by atomic mass is 9.88. The van der Waals surface area contributed by atoms with Crippen LogP contribution >= 0.6 is 22.9 Å². The topological polar surface area (TPSA) is 81.7 Å². The number of ether oxygens (including phenoxy) is 2. The minimum atomic E-state index is -1.29.